The van der Waals surface area contributed by atoms with Crippen molar-refractivity contribution in [1.29, 1.82) is 0 Å². The van der Waals surface area contributed by atoms with E-state index in [-0.39, 0.29) is 6.10 Å². The summed E-state index contributed by atoms with van der Waals surface area (Å²) in [5.41, 5.74) is 1.25. The number of unbranched alkanes of at least 4 members (excludes halogenated alkanes) is 5. The third kappa shape index (κ3) is 23.0. The predicted octanol–water partition coefficient (Wildman–Crippen LogP) is 9.32. The Morgan fingerprint density at radius 3 is 2.31 bits per heavy atom. The number of hydrogen-bond acceptors (Lipinski definition) is 3. The minimum atomic E-state index is -0.595. The van der Waals surface area contributed by atoms with Gasteiger partial charge in [-0.2, -0.15) is 0 Å². The highest BCUT2D eigenvalue weighted by Crippen LogP contribution is 2.37. The summed E-state index contributed by atoms with van der Waals surface area (Å²) in [4.78, 5) is 0. The molecule has 0 aromatic rings. The number of allylic oxidation sites excluding steroid dienone is 7. The molecule has 0 radical (unpaired) electrons. The maximum Gasteiger partial charge on any atom is 0.154 e. The summed E-state index contributed by atoms with van der Waals surface area (Å²) in [5.74, 6) is 1.86. The lowest BCUT2D eigenvalue weighted by atomic mass is 9.88. The van der Waals surface area contributed by atoms with Gasteiger partial charge in [0.05, 0.1) is 6.10 Å². The van der Waals surface area contributed by atoms with Crippen molar-refractivity contribution in [3.8, 4) is 0 Å². The van der Waals surface area contributed by atoms with Crippen LogP contribution in [0.15, 0.2) is 48.6 Å². The maximum atomic E-state index is 9.73. The Bertz CT molecular complexity index is 533. The fourth-order valence-electron chi connectivity index (χ4n) is 4.65. The average Bonchev–Trinajstić information content (AvgIpc) is 3.30. The maximum absolute atomic E-state index is 9.73. The highest BCUT2D eigenvalue weighted by molar-refractivity contribution is 5.18. The summed E-state index contributed by atoms with van der Waals surface area (Å²) in [6.45, 7) is 14.1. The van der Waals surface area contributed by atoms with Crippen LogP contribution in [-0.4, -0.2) is 29.7 Å². The second kappa shape index (κ2) is 27.4. The normalized spacial score (nSPS) is 18.7. The van der Waals surface area contributed by atoms with Gasteiger partial charge in [-0.25, -0.2) is 0 Å². The summed E-state index contributed by atoms with van der Waals surface area (Å²) in [5, 5.41) is 16.7. The van der Waals surface area contributed by atoms with Crippen molar-refractivity contribution in [2.75, 3.05) is 7.11 Å². The molecule has 1 aliphatic rings. The van der Waals surface area contributed by atoms with Crippen LogP contribution < -0.4 is 0 Å². The van der Waals surface area contributed by atoms with E-state index >= 15 is 0 Å². The van der Waals surface area contributed by atoms with Gasteiger partial charge in [-0.15, -0.1) is 0 Å². The van der Waals surface area contributed by atoms with Gasteiger partial charge < -0.3 is 14.9 Å². The fourth-order valence-corrected chi connectivity index (χ4v) is 4.65. The SMILES string of the molecule is C=C(/C=C\C=C/C)CCCCCCC1CCC[C@@H]1C/C=C\CCCCC(O)OC(C)C.CC.CO. The number of rotatable bonds is 18. The van der Waals surface area contributed by atoms with Crippen molar-refractivity contribution in [1.82, 2.24) is 0 Å². The molecule has 2 unspecified atom stereocenters. The van der Waals surface area contributed by atoms with Crippen molar-refractivity contribution in [2.45, 2.75) is 137 Å². The molecule has 1 fully saturated rings. The highest BCUT2D eigenvalue weighted by Gasteiger charge is 2.25. The molecule has 0 bridgehead atoms. The molecule has 0 aromatic carbocycles. The number of hydrogen-bond donors (Lipinski definition) is 2. The van der Waals surface area contributed by atoms with Crippen LogP contribution in [-0.2, 0) is 4.74 Å². The Kier molecular flexibility index (Phi) is 28.2. The molecule has 0 aromatic heterocycles. The Hall–Kier alpha value is -1.16. The Morgan fingerprint density at radius 1 is 0.943 bits per heavy atom. The monoisotopic (exact) mass is 492 g/mol. The second-order valence-electron chi connectivity index (χ2n) is 9.58. The molecule has 0 heterocycles. The Morgan fingerprint density at radius 2 is 1.63 bits per heavy atom. The van der Waals surface area contributed by atoms with E-state index < -0.39 is 6.29 Å². The number of aliphatic hydroxyl groups excluding tert-OH is 2. The van der Waals surface area contributed by atoms with Gasteiger partial charge in [0.2, 0.25) is 0 Å². The van der Waals surface area contributed by atoms with Crippen molar-refractivity contribution < 1.29 is 14.9 Å². The molecule has 0 amide bonds. The molecule has 1 saturated carbocycles. The first-order valence-corrected chi connectivity index (χ1v) is 14.4. The zero-order chi connectivity index (χ0) is 26.7. The van der Waals surface area contributed by atoms with Crippen molar-refractivity contribution in [2.24, 2.45) is 11.8 Å². The number of aliphatic hydroxyl groups is 2. The summed E-state index contributed by atoms with van der Waals surface area (Å²) in [7, 11) is 1.00. The first-order chi connectivity index (χ1) is 17.0. The summed E-state index contributed by atoms with van der Waals surface area (Å²) < 4.78 is 5.37. The van der Waals surface area contributed by atoms with E-state index in [9.17, 15) is 5.11 Å². The molecule has 0 saturated heterocycles. The molecule has 206 valence electrons. The summed E-state index contributed by atoms with van der Waals surface area (Å²) in [6.07, 6.45) is 30.2. The fraction of sp³-hybridized carbons (Fsp3) is 0.750. The molecular weight excluding hydrogens is 432 g/mol. The van der Waals surface area contributed by atoms with E-state index in [1.165, 1.54) is 63.4 Å². The minimum absolute atomic E-state index is 0.102. The van der Waals surface area contributed by atoms with E-state index in [1.807, 2.05) is 40.7 Å². The molecular formula is C32H60O3. The minimum Gasteiger partial charge on any atom is -0.400 e. The van der Waals surface area contributed by atoms with E-state index in [0.29, 0.717) is 0 Å². The lowest BCUT2D eigenvalue weighted by molar-refractivity contribution is -0.129. The van der Waals surface area contributed by atoms with E-state index in [4.69, 9.17) is 9.84 Å². The molecule has 3 nitrogen and oxygen atoms in total. The van der Waals surface area contributed by atoms with Gasteiger partial charge in [0.1, 0.15) is 0 Å². The second-order valence-corrected chi connectivity index (χ2v) is 9.58. The van der Waals surface area contributed by atoms with Crippen LogP contribution in [0.4, 0.5) is 0 Å². The van der Waals surface area contributed by atoms with Crippen LogP contribution in [0, 0.1) is 11.8 Å². The molecule has 3 heteroatoms. The smallest absolute Gasteiger partial charge is 0.154 e. The van der Waals surface area contributed by atoms with Crippen LogP contribution in [0.3, 0.4) is 0 Å². The molecule has 2 N–H and O–H groups in total. The Balaban J connectivity index is 0. The van der Waals surface area contributed by atoms with Gasteiger partial charge in [0.15, 0.2) is 6.29 Å². The van der Waals surface area contributed by atoms with Gasteiger partial charge in [-0.1, -0.05) is 101 Å². The first kappa shape index (κ1) is 36.0. The zero-order valence-corrected chi connectivity index (χ0v) is 24.2. The van der Waals surface area contributed by atoms with Gasteiger partial charge in [-0.3, -0.25) is 0 Å². The van der Waals surface area contributed by atoms with Crippen LogP contribution >= 0.6 is 0 Å². The van der Waals surface area contributed by atoms with E-state index in [1.54, 1.807) is 0 Å². The van der Waals surface area contributed by atoms with Crippen LogP contribution in [0.5, 0.6) is 0 Å². The molecule has 0 spiro atoms. The lowest BCUT2D eigenvalue weighted by Gasteiger charge is -2.18. The summed E-state index contributed by atoms with van der Waals surface area (Å²) in [6, 6.07) is 0. The molecule has 0 aliphatic heterocycles. The average molecular weight is 493 g/mol. The van der Waals surface area contributed by atoms with Crippen molar-refractivity contribution in [3.63, 3.8) is 0 Å². The van der Waals surface area contributed by atoms with E-state index in [2.05, 4.69) is 37.0 Å². The third-order valence-corrected chi connectivity index (χ3v) is 6.38. The van der Waals surface area contributed by atoms with Crippen molar-refractivity contribution in [3.05, 3.63) is 48.6 Å². The van der Waals surface area contributed by atoms with Gasteiger partial charge in [0, 0.05) is 7.11 Å². The van der Waals surface area contributed by atoms with Crippen LogP contribution in [0.2, 0.25) is 0 Å². The topological polar surface area (TPSA) is 49.7 Å². The first-order valence-electron chi connectivity index (χ1n) is 14.4. The standard InChI is InChI=1S/C29H50O2.C2H6.CH4O/c1-5-6-12-18-26(4)19-13-10-11-15-21-28-23-17-22-27(28)20-14-8-7-9-16-24-29(30)31-25(2)3;2*1-2/h5-6,8,12,14,18,25,27-30H,4,7,9-11,13,15-17,19-24H2,1-3H3;1-2H3;2H,1H3/b6-5-,14-8-,18-12-;;/t27-,28?,29?;;/m0../s1. The van der Waals surface area contributed by atoms with Crippen LogP contribution in [0.25, 0.3) is 0 Å². The summed E-state index contributed by atoms with van der Waals surface area (Å²) >= 11 is 0. The van der Waals surface area contributed by atoms with Crippen molar-refractivity contribution >= 4 is 0 Å². The van der Waals surface area contributed by atoms with Gasteiger partial charge in [0.25, 0.3) is 0 Å². The zero-order valence-electron chi connectivity index (χ0n) is 24.2. The molecule has 1 aliphatic carbocycles. The number of ether oxygens (including phenoxy) is 1. The van der Waals surface area contributed by atoms with E-state index in [0.717, 1.165) is 51.0 Å². The van der Waals surface area contributed by atoms with Crippen LogP contribution in [0.1, 0.15) is 125 Å². The van der Waals surface area contributed by atoms with Gasteiger partial charge >= 0.3 is 0 Å². The molecule has 3 atom stereocenters. The Labute approximate surface area is 219 Å². The lowest BCUT2D eigenvalue weighted by Crippen LogP contribution is -2.16. The largest absolute Gasteiger partial charge is 0.400 e. The predicted molar refractivity (Wildman–Crippen MR) is 156 cm³/mol. The quantitative estimate of drug-likeness (QED) is 0.0867. The molecule has 35 heavy (non-hydrogen) atoms. The third-order valence-electron chi connectivity index (χ3n) is 6.38. The van der Waals surface area contributed by atoms with Gasteiger partial charge in [-0.05, 0) is 84.0 Å². The molecule has 1 rings (SSSR count). The highest BCUT2D eigenvalue weighted by atomic mass is 16.6.